The van der Waals surface area contributed by atoms with Crippen LogP contribution in [0.3, 0.4) is 0 Å². The third-order valence-electron chi connectivity index (χ3n) is 5.55. The van der Waals surface area contributed by atoms with Crippen LogP contribution in [0.25, 0.3) is 11.1 Å². The molecule has 0 saturated carbocycles. The molecule has 0 saturated heterocycles. The maximum atomic E-state index is 14.3. The van der Waals surface area contributed by atoms with Gasteiger partial charge < -0.3 is 20.5 Å². The molecular formula is C25H21F2N3O5. The van der Waals surface area contributed by atoms with Crippen molar-refractivity contribution < 1.29 is 33.0 Å². The van der Waals surface area contributed by atoms with Crippen LogP contribution in [0.5, 0.6) is 0 Å². The summed E-state index contributed by atoms with van der Waals surface area (Å²) in [5, 5.41) is 12.7. The SMILES string of the molecule is O=C(O)Cc1ccc(NC(=O)C(F)(F)CNC(=O)OCC2c3ccccc3-c3ccccc32)cn1. The minimum Gasteiger partial charge on any atom is -0.481 e. The number of hydrogen-bond donors (Lipinski definition) is 3. The van der Waals surface area contributed by atoms with Crippen molar-refractivity contribution in [2.24, 2.45) is 0 Å². The van der Waals surface area contributed by atoms with Crippen LogP contribution in [-0.4, -0.2) is 47.1 Å². The molecule has 0 aliphatic heterocycles. The highest BCUT2D eigenvalue weighted by Crippen LogP contribution is 2.44. The summed E-state index contributed by atoms with van der Waals surface area (Å²) in [7, 11) is 0. The highest BCUT2D eigenvalue weighted by molar-refractivity contribution is 5.96. The molecule has 8 nitrogen and oxygen atoms in total. The quantitative estimate of drug-likeness (QED) is 0.450. The van der Waals surface area contributed by atoms with Gasteiger partial charge in [0.25, 0.3) is 5.91 Å². The summed E-state index contributed by atoms with van der Waals surface area (Å²) in [6.07, 6.45) is -0.335. The highest BCUT2D eigenvalue weighted by Gasteiger charge is 2.39. The summed E-state index contributed by atoms with van der Waals surface area (Å²) in [5.41, 5.74) is 4.20. The number of carbonyl (C=O) groups excluding carboxylic acids is 2. The zero-order valence-corrected chi connectivity index (χ0v) is 18.3. The Hall–Kier alpha value is -4.34. The van der Waals surface area contributed by atoms with E-state index < -0.39 is 30.4 Å². The summed E-state index contributed by atoms with van der Waals surface area (Å²) >= 11 is 0. The van der Waals surface area contributed by atoms with E-state index >= 15 is 0 Å². The number of alkyl halides is 2. The summed E-state index contributed by atoms with van der Waals surface area (Å²) in [4.78, 5) is 38.6. The number of benzene rings is 2. The van der Waals surface area contributed by atoms with Gasteiger partial charge in [-0.1, -0.05) is 48.5 Å². The maximum absolute atomic E-state index is 14.3. The molecule has 3 aromatic rings. The van der Waals surface area contributed by atoms with Gasteiger partial charge in [-0.2, -0.15) is 8.78 Å². The van der Waals surface area contributed by atoms with Gasteiger partial charge in [-0.25, -0.2) is 4.79 Å². The summed E-state index contributed by atoms with van der Waals surface area (Å²) in [5.74, 6) is -6.90. The number of anilines is 1. The average Bonchev–Trinajstić information content (AvgIpc) is 3.16. The number of aliphatic carboxylic acids is 1. The Morgan fingerprint density at radius 2 is 1.60 bits per heavy atom. The normalized spacial score (nSPS) is 12.4. The van der Waals surface area contributed by atoms with Crippen molar-refractivity contribution in [3.05, 3.63) is 83.7 Å². The third-order valence-corrected chi connectivity index (χ3v) is 5.55. The van der Waals surface area contributed by atoms with Crippen LogP contribution < -0.4 is 10.6 Å². The molecule has 2 amide bonds. The second-order valence-corrected chi connectivity index (χ2v) is 7.95. The zero-order valence-electron chi connectivity index (χ0n) is 18.3. The second kappa shape index (κ2) is 9.88. The van der Waals surface area contributed by atoms with E-state index in [9.17, 15) is 23.2 Å². The lowest BCUT2D eigenvalue weighted by molar-refractivity contribution is -0.138. The lowest BCUT2D eigenvalue weighted by Crippen LogP contribution is -2.45. The first-order chi connectivity index (χ1) is 16.7. The van der Waals surface area contributed by atoms with E-state index in [4.69, 9.17) is 9.84 Å². The molecule has 0 spiro atoms. The minimum absolute atomic E-state index is 0.0371. The van der Waals surface area contributed by atoms with Gasteiger partial charge >= 0.3 is 18.0 Å². The van der Waals surface area contributed by atoms with E-state index in [1.807, 2.05) is 59.2 Å². The van der Waals surface area contributed by atoms with Crippen LogP contribution in [0.4, 0.5) is 19.3 Å². The molecule has 1 heterocycles. The fraction of sp³-hybridized carbons (Fsp3) is 0.200. The van der Waals surface area contributed by atoms with E-state index in [0.717, 1.165) is 28.5 Å². The van der Waals surface area contributed by atoms with Gasteiger partial charge in [-0.3, -0.25) is 14.6 Å². The molecule has 0 unspecified atom stereocenters. The molecule has 1 aliphatic carbocycles. The van der Waals surface area contributed by atoms with Gasteiger partial charge in [0.15, 0.2) is 0 Å². The predicted molar refractivity (Wildman–Crippen MR) is 122 cm³/mol. The number of nitrogens with zero attached hydrogens (tertiary/aromatic N) is 1. The summed E-state index contributed by atoms with van der Waals surface area (Å²) in [6.45, 7) is -1.31. The summed E-state index contributed by atoms with van der Waals surface area (Å²) in [6, 6.07) is 18.0. The summed E-state index contributed by atoms with van der Waals surface area (Å²) < 4.78 is 33.7. The Balaban J connectivity index is 1.30. The van der Waals surface area contributed by atoms with E-state index in [1.165, 1.54) is 12.1 Å². The van der Waals surface area contributed by atoms with Crippen molar-refractivity contribution in [2.45, 2.75) is 18.3 Å². The smallest absolute Gasteiger partial charge is 0.407 e. The molecule has 4 rings (SSSR count). The van der Waals surface area contributed by atoms with E-state index in [1.54, 1.807) is 0 Å². The monoisotopic (exact) mass is 481 g/mol. The number of aromatic nitrogens is 1. The van der Waals surface area contributed by atoms with Crippen LogP contribution in [0.15, 0.2) is 66.9 Å². The fourth-order valence-electron chi connectivity index (χ4n) is 3.89. The molecule has 0 bridgehead atoms. The van der Waals surface area contributed by atoms with Gasteiger partial charge in [-0.15, -0.1) is 0 Å². The number of amides is 2. The number of halogens is 2. The van der Waals surface area contributed by atoms with Crippen molar-refractivity contribution in [3.63, 3.8) is 0 Å². The third kappa shape index (κ3) is 5.43. The predicted octanol–water partition coefficient (Wildman–Crippen LogP) is 3.82. The van der Waals surface area contributed by atoms with Crippen molar-refractivity contribution in [1.29, 1.82) is 0 Å². The minimum atomic E-state index is -3.93. The molecular weight excluding hydrogens is 460 g/mol. The van der Waals surface area contributed by atoms with Gasteiger partial charge in [-0.05, 0) is 34.4 Å². The molecule has 1 aliphatic rings. The Kier molecular flexibility index (Phi) is 6.72. The fourth-order valence-corrected chi connectivity index (χ4v) is 3.89. The first-order valence-corrected chi connectivity index (χ1v) is 10.7. The Labute approximate surface area is 199 Å². The standard InChI is InChI=1S/C25H21F2N3O5/c26-25(27,23(33)30-16-10-9-15(28-12-16)11-22(31)32)14-29-24(34)35-13-21-19-7-3-1-5-17(19)18-6-2-4-8-20(18)21/h1-10,12,21H,11,13-14H2,(H,29,34)(H,30,33)(H,31,32). The van der Waals surface area contributed by atoms with Gasteiger partial charge in [0, 0.05) is 5.92 Å². The number of nitrogens with one attached hydrogen (secondary N) is 2. The van der Waals surface area contributed by atoms with Crippen LogP contribution in [0, 0.1) is 0 Å². The molecule has 0 radical (unpaired) electrons. The molecule has 0 atom stereocenters. The van der Waals surface area contributed by atoms with Gasteiger partial charge in [0.2, 0.25) is 0 Å². The van der Waals surface area contributed by atoms with Crippen molar-refractivity contribution in [2.75, 3.05) is 18.5 Å². The van der Waals surface area contributed by atoms with Crippen molar-refractivity contribution >= 4 is 23.7 Å². The number of carbonyl (C=O) groups is 3. The second-order valence-electron chi connectivity index (χ2n) is 7.95. The Morgan fingerprint density at radius 1 is 0.971 bits per heavy atom. The van der Waals surface area contributed by atoms with Crippen LogP contribution in [-0.2, 0) is 20.7 Å². The number of pyridine rings is 1. The first-order valence-electron chi connectivity index (χ1n) is 10.7. The van der Waals surface area contributed by atoms with Gasteiger partial charge in [0.1, 0.15) is 6.61 Å². The average molecular weight is 481 g/mol. The molecule has 3 N–H and O–H groups in total. The molecule has 180 valence electrons. The van der Waals surface area contributed by atoms with E-state index in [0.29, 0.717) is 0 Å². The van der Waals surface area contributed by atoms with E-state index in [2.05, 4.69) is 4.98 Å². The molecule has 0 fully saturated rings. The molecule has 10 heteroatoms. The number of ether oxygens (including phenoxy) is 1. The van der Waals surface area contributed by atoms with E-state index in [-0.39, 0.29) is 30.3 Å². The zero-order chi connectivity index (χ0) is 25.0. The lowest BCUT2D eigenvalue weighted by Gasteiger charge is -2.18. The number of fused-ring (bicyclic) bond motifs is 3. The van der Waals surface area contributed by atoms with Crippen molar-refractivity contribution in [3.8, 4) is 11.1 Å². The lowest BCUT2D eigenvalue weighted by atomic mass is 9.98. The Bertz CT molecular complexity index is 1220. The number of rotatable bonds is 8. The van der Waals surface area contributed by atoms with Crippen LogP contribution in [0.1, 0.15) is 22.7 Å². The van der Waals surface area contributed by atoms with Crippen molar-refractivity contribution in [1.82, 2.24) is 10.3 Å². The molecule has 35 heavy (non-hydrogen) atoms. The van der Waals surface area contributed by atoms with Gasteiger partial charge in [0.05, 0.1) is 30.5 Å². The largest absolute Gasteiger partial charge is 0.481 e. The number of hydrogen-bond acceptors (Lipinski definition) is 5. The first kappa shape index (κ1) is 23.8. The number of carboxylic acids is 1. The topological polar surface area (TPSA) is 118 Å². The van der Waals surface area contributed by atoms with Crippen LogP contribution >= 0.6 is 0 Å². The highest BCUT2D eigenvalue weighted by atomic mass is 19.3. The Morgan fingerprint density at radius 3 is 2.17 bits per heavy atom. The maximum Gasteiger partial charge on any atom is 0.407 e. The number of alkyl carbamates (subject to hydrolysis) is 1. The van der Waals surface area contributed by atoms with Crippen LogP contribution in [0.2, 0.25) is 0 Å². The molecule has 2 aromatic carbocycles. The number of carboxylic acid groups (broad SMARTS) is 1. The molecule has 1 aromatic heterocycles.